The first-order valence-corrected chi connectivity index (χ1v) is 6.48. The summed E-state index contributed by atoms with van der Waals surface area (Å²) >= 11 is 0. The Morgan fingerprint density at radius 1 is 1.33 bits per heavy atom. The molecule has 2 N–H and O–H groups in total. The highest BCUT2D eigenvalue weighted by Crippen LogP contribution is 2.20. The summed E-state index contributed by atoms with van der Waals surface area (Å²) in [6.45, 7) is 1.93. The third kappa shape index (κ3) is 2.81. The number of carbonyl (C=O) groups excluding carboxylic acids is 1. The Kier molecular flexibility index (Phi) is 3.46. The van der Waals surface area contributed by atoms with Crippen molar-refractivity contribution in [2.75, 3.05) is 5.32 Å². The number of nitrogens with zero attached hydrogens (tertiary/aromatic N) is 3. The van der Waals surface area contributed by atoms with Gasteiger partial charge in [0.2, 0.25) is 5.82 Å². The predicted molar refractivity (Wildman–Crippen MR) is 75.7 cm³/mol. The summed E-state index contributed by atoms with van der Waals surface area (Å²) in [4.78, 5) is 19.9. The lowest BCUT2D eigenvalue weighted by Gasteiger charge is -2.03. The molecular weight excluding hydrogens is 270 g/mol. The second-order valence-electron chi connectivity index (χ2n) is 4.36. The molecule has 2 heterocycles. The Morgan fingerprint density at radius 2 is 2.14 bits per heavy atom. The zero-order valence-corrected chi connectivity index (χ0v) is 11.3. The lowest BCUT2D eigenvalue weighted by atomic mass is 10.1. The molecule has 2 aromatic heterocycles. The predicted octanol–water partition coefficient (Wildman–Crippen LogP) is 2.27. The molecule has 0 aliphatic carbocycles. The van der Waals surface area contributed by atoms with Gasteiger partial charge in [-0.25, -0.2) is 9.97 Å². The maximum Gasteiger partial charge on any atom is 0.295 e. The lowest BCUT2D eigenvalue weighted by molar-refractivity contribution is 0.101. The second kappa shape index (κ2) is 5.58. The molecule has 3 rings (SSSR count). The topological polar surface area (TPSA) is 96.7 Å². The van der Waals surface area contributed by atoms with Gasteiger partial charge in [-0.05, 0) is 24.3 Å². The maximum absolute atomic E-state index is 12.0. The van der Waals surface area contributed by atoms with E-state index in [1.54, 1.807) is 18.3 Å². The number of carbonyl (C=O) groups is 1. The van der Waals surface area contributed by atoms with Crippen molar-refractivity contribution in [2.24, 2.45) is 0 Å². The van der Waals surface area contributed by atoms with Crippen LogP contribution in [0.15, 0.2) is 41.3 Å². The smallest absolute Gasteiger partial charge is 0.295 e. The molecule has 0 radical (unpaired) electrons. The van der Waals surface area contributed by atoms with Gasteiger partial charge in [-0.3, -0.25) is 9.89 Å². The van der Waals surface area contributed by atoms with Gasteiger partial charge in [-0.1, -0.05) is 6.92 Å². The Hall–Kier alpha value is -2.96. The number of aromatic nitrogens is 4. The van der Waals surface area contributed by atoms with E-state index >= 15 is 0 Å². The molecule has 7 nitrogen and oxygen atoms in total. The highest BCUT2D eigenvalue weighted by Gasteiger charge is 2.12. The van der Waals surface area contributed by atoms with Crippen LogP contribution in [0.5, 0.6) is 0 Å². The van der Waals surface area contributed by atoms with Gasteiger partial charge in [-0.2, -0.15) is 0 Å². The van der Waals surface area contributed by atoms with Crippen LogP contribution >= 0.6 is 0 Å². The van der Waals surface area contributed by atoms with Crippen LogP contribution in [0.25, 0.3) is 11.3 Å². The van der Waals surface area contributed by atoms with Crippen molar-refractivity contribution < 1.29 is 9.21 Å². The third-order valence-electron chi connectivity index (χ3n) is 2.93. The lowest BCUT2D eigenvalue weighted by Crippen LogP contribution is -2.13. The maximum atomic E-state index is 12.0. The summed E-state index contributed by atoms with van der Waals surface area (Å²) in [5.41, 5.74) is 1.54. The van der Waals surface area contributed by atoms with Crippen LogP contribution < -0.4 is 5.32 Å². The SMILES string of the molecule is CCc1nc(C(=O)Nc2ccc(-c3cnco3)cc2)n[nH]1. The van der Waals surface area contributed by atoms with Gasteiger partial charge in [-0.15, -0.1) is 5.10 Å². The molecule has 1 aromatic carbocycles. The number of rotatable bonds is 4. The fourth-order valence-electron chi connectivity index (χ4n) is 1.82. The van der Waals surface area contributed by atoms with Crippen LogP contribution in [0.1, 0.15) is 23.4 Å². The molecule has 0 saturated heterocycles. The van der Waals surface area contributed by atoms with Gasteiger partial charge in [0.15, 0.2) is 12.2 Å². The molecule has 0 aliphatic heterocycles. The first-order chi connectivity index (χ1) is 10.3. The molecule has 21 heavy (non-hydrogen) atoms. The second-order valence-corrected chi connectivity index (χ2v) is 4.36. The van der Waals surface area contributed by atoms with Crippen LogP contribution in [0.3, 0.4) is 0 Å². The summed E-state index contributed by atoms with van der Waals surface area (Å²) in [6.07, 6.45) is 3.71. The molecule has 0 bridgehead atoms. The number of anilines is 1. The van der Waals surface area contributed by atoms with Crippen LogP contribution in [-0.4, -0.2) is 26.1 Å². The summed E-state index contributed by atoms with van der Waals surface area (Å²) in [5, 5.41) is 9.32. The Labute approximate surface area is 120 Å². The molecule has 0 fully saturated rings. The van der Waals surface area contributed by atoms with E-state index in [1.165, 1.54) is 6.39 Å². The number of H-pyrrole nitrogens is 1. The van der Waals surface area contributed by atoms with E-state index in [-0.39, 0.29) is 11.7 Å². The van der Waals surface area contributed by atoms with Gasteiger partial charge in [0.05, 0.1) is 6.20 Å². The first kappa shape index (κ1) is 13.0. The third-order valence-corrected chi connectivity index (χ3v) is 2.93. The molecule has 0 aliphatic rings. The molecule has 106 valence electrons. The normalized spacial score (nSPS) is 10.5. The van der Waals surface area contributed by atoms with E-state index in [9.17, 15) is 4.79 Å². The average molecular weight is 283 g/mol. The summed E-state index contributed by atoms with van der Waals surface area (Å²) in [7, 11) is 0. The van der Waals surface area contributed by atoms with E-state index in [4.69, 9.17) is 4.42 Å². The molecule has 0 spiro atoms. The minimum Gasteiger partial charge on any atom is -0.444 e. The van der Waals surface area contributed by atoms with Crippen molar-refractivity contribution in [3.63, 3.8) is 0 Å². The monoisotopic (exact) mass is 283 g/mol. The number of oxazole rings is 1. The number of benzene rings is 1. The molecule has 1 amide bonds. The fraction of sp³-hybridized carbons (Fsp3) is 0.143. The largest absolute Gasteiger partial charge is 0.444 e. The Balaban J connectivity index is 1.71. The standard InChI is InChI=1S/C14H13N5O2/c1-2-12-17-13(19-18-12)14(20)16-10-5-3-9(4-6-10)11-7-15-8-21-11/h3-8H,2H2,1H3,(H,16,20)(H,17,18,19). The van der Waals surface area contributed by atoms with Gasteiger partial charge < -0.3 is 9.73 Å². The highest BCUT2D eigenvalue weighted by atomic mass is 16.3. The molecule has 0 unspecified atom stereocenters. The van der Waals surface area contributed by atoms with E-state index in [0.717, 1.165) is 5.56 Å². The number of aryl methyl sites for hydroxylation is 1. The number of aromatic amines is 1. The first-order valence-electron chi connectivity index (χ1n) is 6.48. The Bertz CT molecular complexity index is 731. The zero-order valence-electron chi connectivity index (χ0n) is 11.3. The van der Waals surface area contributed by atoms with Crippen LogP contribution in [-0.2, 0) is 6.42 Å². The van der Waals surface area contributed by atoms with Crippen LogP contribution in [0.4, 0.5) is 5.69 Å². The fourth-order valence-corrected chi connectivity index (χ4v) is 1.82. The van der Waals surface area contributed by atoms with Gasteiger partial charge in [0.1, 0.15) is 5.82 Å². The minimum absolute atomic E-state index is 0.131. The summed E-state index contributed by atoms with van der Waals surface area (Å²) in [5.74, 6) is 1.14. The quantitative estimate of drug-likeness (QED) is 0.765. The number of nitrogens with one attached hydrogen (secondary N) is 2. The van der Waals surface area contributed by atoms with E-state index in [1.807, 2.05) is 19.1 Å². The summed E-state index contributed by atoms with van der Waals surface area (Å²) in [6, 6.07) is 7.24. The van der Waals surface area contributed by atoms with E-state index < -0.39 is 0 Å². The van der Waals surface area contributed by atoms with E-state index in [0.29, 0.717) is 23.7 Å². The minimum atomic E-state index is -0.349. The van der Waals surface area contributed by atoms with Crippen LogP contribution in [0.2, 0.25) is 0 Å². The van der Waals surface area contributed by atoms with Crippen molar-refractivity contribution in [2.45, 2.75) is 13.3 Å². The van der Waals surface area contributed by atoms with E-state index in [2.05, 4.69) is 25.5 Å². The van der Waals surface area contributed by atoms with Crippen molar-refractivity contribution in [3.05, 3.63) is 48.5 Å². The number of hydrogen-bond donors (Lipinski definition) is 2. The summed E-state index contributed by atoms with van der Waals surface area (Å²) < 4.78 is 5.20. The van der Waals surface area contributed by atoms with Crippen molar-refractivity contribution in [1.82, 2.24) is 20.2 Å². The highest BCUT2D eigenvalue weighted by molar-refractivity contribution is 6.01. The van der Waals surface area contributed by atoms with Gasteiger partial charge >= 0.3 is 0 Å². The van der Waals surface area contributed by atoms with Crippen molar-refractivity contribution >= 4 is 11.6 Å². The van der Waals surface area contributed by atoms with Crippen LogP contribution in [0, 0.1) is 0 Å². The van der Waals surface area contributed by atoms with Gasteiger partial charge in [0, 0.05) is 17.7 Å². The van der Waals surface area contributed by atoms with Gasteiger partial charge in [0.25, 0.3) is 5.91 Å². The Morgan fingerprint density at radius 3 is 2.76 bits per heavy atom. The zero-order chi connectivity index (χ0) is 14.7. The van der Waals surface area contributed by atoms with Crippen molar-refractivity contribution in [1.29, 1.82) is 0 Å². The average Bonchev–Trinajstić information content (AvgIpc) is 3.19. The molecule has 0 atom stereocenters. The number of amides is 1. The molecular formula is C14H13N5O2. The molecule has 0 saturated carbocycles. The number of hydrogen-bond acceptors (Lipinski definition) is 5. The van der Waals surface area contributed by atoms with Crippen molar-refractivity contribution in [3.8, 4) is 11.3 Å². The molecule has 7 heteroatoms. The molecule has 3 aromatic rings.